The van der Waals surface area contributed by atoms with Crippen LogP contribution in [0.4, 0.5) is 4.39 Å². The Bertz CT molecular complexity index is 1530. The number of aromatic nitrogens is 3. The van der Waals surface area contributed by atoms with Crippen molar-refractivity contribution in [1.82, 2.24) is 19.4 Å². The average Bonchev–Trinajstić information content (AvgIpc) is 3.34. The number of carbonyl (C=O) groups is 2. The summed E-state index contributed by atoms with van der Waals surface area (Å²) in [5.41, 5.74) is 3.46. The van der Waals surface area contributed by atoms with Gasteiger partial charge in [-0.05, 0) is 66.4 Å². The van der Waals surface area contributed by atoms with E-state index in [9.17, 15) is 19.1 Å². The van der Waals surface area contributed by atoms with Gasteiger partial charge in [-0.25, -0.2) is 14.4 Å². The predicted molar refractivity (Wildman–Crippen MR) is 140 cm³/mol. The Labute approximate surface area is 219 Å². The highest BCUT2D eigenvalue weighted by atomic mass is 19.1. The molecule has 3 aromatic heterocycles. The molecule has 38 heavy (non-hydrogen) atoms. The van der Waals surface area contributed by atoms with E-state index in [4.69, 9.17) is 4.74 Å². The van der Waals surface area contributed by atoms with E-state index in [0.29, 0.717) is 24.3 Å². The van der Waals surface area contributed by atoms with E-state index >= 15 is 0 Å². The lowest BCUT2D eigenvalue weighted by Gasteiger charge is -2.35. The first-order valence-corrected chi connectivity index (χ1v) is 12.4. The Kier molecular flexibility index (Phi) is 7.17. The highest BCUT2D eigenvalue weighted by molar-refractivity contribution is 5.94. The van der Waals surface area contributed by atoms with Crippen LogP contribution in [0.3, 0.4) is 0 Å². The fourth-order valence-corrected chi connectivity index (χ4v) is 4.80. The third kappa shape index (κ3) is 5.27. The SMILES string of the molecule is COc1ccc(C(CC(=O)O)N2CCn3cc(/C=C/CCc4ccc5cccnc5n4)cc3C2=O)cc1F. The number of carbonyl (C=O) groups excluding carboxylic acids is 1. The van der Waals surface area contributed by atoms with Gasteiger partial charge in [0.1, 0.15) is 5.69 Å². The van der Waals surface area contributed by atoms with E-state index in [2.05, 4.69) is 9.97 Å². The van der Waals surface area contributed by atoms with E-state index in [-0.39, 0.29) is 18.1 Å². The zero-order valence-corrected chi connectivity index (χ0v) is 20.9. The van der Waals surface area contributed by atoms with Gasteiger partial charge in [0, 0.05) is 36.6 Å². The molecule has 0 saturated carbocycles. The molecular formula is C29H27FN4O4. The van der Waals surface area contributed by atoms with Crippen LogP contribution < -0.4 is 4.74 Å². The van der Waals surface area contributed by atoms with E-state index in [1.165, 1.54) is 24.1 Å². The van der Waals surface area contributed by atoms with Crippen LogP contribution in [0, 0.1) is 5.82 Å². The maximum absolute atomic E-state index is 14.4. The Morgan fingerprint density at radius 3 is 2.87 bits per heavy atom. The summed E-state index contributed by atoms with van der Waals surface area (Å²) < 4.78 is 21.2. The van der Waals surface area contributed by atoms with Gasteiger partial charge in [0.05, 0.1) is 19.6 Å². The summed E-state index contributed by atoms with van der Waals surface area (Å²) in [5, 5.41) is 10.5. The summed E-state index contributed by atoms with van der Waals surface area (Å²) >= 11 is 0. The first-order chi connectivity index (χ1) is 18.4. The zero-order valence-electron chi connectivity index (χ0n) is 20.9. The molecule has 0 saturated heterocycles. The van der Waals surface area contributed by atoms with Crippen LogP contribution in [0.15, 0.2) is 67.0 Å². The first-order valence-electron chi connectivity index (χ1n) is 12.4. The number of methoxy groups -OCH3 is 1. The van der Waals surface area contributed by atoms with Crippen LogP contribution in [-0.2, 0) is 17.8 Å². The summed E-state index contributed by atoms with van der Waals surface area (Å²) in [7, 11) is 1.36. The summed E-state index contributed by atoms with van der Waals surface area (Å²) in [5.74, 6) is -1.89. The number of fused-ring (bicyclic) bond motifs is 2. The average molecular weight is 515 g/mol. The van der Waals surface area contributed by atoms with Crippen LogP contribution in [-0.4, -0.2) is 50.1 Å². The van der Waals surface area contributed by atoms with Gasteiger partial charge in [0.25, 0.3) is 5.91 Å². The number of pyridine rings is 2. The van der Waals surface area contributed by atoms with Crippen molar-refractivity contribution in [2.75, 3.05) is 13.7 Å². The summed E-state index contributed by atoms with van der Waals surface area (Å²) in [4.78, 5) is 35.4. The van der Waals surface area contributed by atoms with Gasteiger partial charge in [0.2, 0.25) is 0 Å². The molecule has 8 nitrogen and oxygen atoms in total. The third-order valence-corrected chi connectivity index (χ3v) is 6.68. The van der Waals surface area contributed by atoms with Crippen LogP contribution >= 0.6 is 0 Å². The van der Waals surface area contributed by atoms with E-state index in [0.717, 1.165) is 35.1 Å². The topological polar surface area (TPSA) is 97.6 Å². The number of halogens is 1. The fraction of sp³-hybridized carbons (Fsp3) is 0.241. The maximum Gasteiger partial charge on any atom is 0.305 e. The molecule has 1 atom stereocenters. The summed E-state index contributed by atoms with van der Waals surface area (Å²) in [6.07, 6.45) is 8.86. The van der Waals surface area contributed by atoms with Crippen molar-refractivity contribution in [3.05, 3.63) is 95.3 Å². The zero-order chi connectivity index (χ0) is 26.6. The number of allylic oxidation sites excluding steroid dienone is 1. The molecule has 1 amide bonds. The van der Waals surface area contributed by atoms with Crippen molar-refractivity contribution >= 4 is 29.0 Å². The molecule has 1 aliphatic rings. The van der Waals surface area contributed by atoms with Crippen molar-refractivity contribution in [2.24, 2.45) is 0 Å². The molecule has 1 unspecified atom stereocenters. The van der Waals surface area contributed by atoms with Gasteiger partial charge in [-0.1, -0.05) is 18.2 Å². The molecule has 1 aromatic carbocycles. The van der Waals surface area contributed by atoms with Crippen molar-refractivity contribution in [3.63, 3.8) is 0 Å². The lowest BCUT2D eigenvalue weighted by atomic mass is 10.00. The largest absolute Gasteiger partial charge is 0.494 e. The van der Waals surface area contributed by atoms with Crippen LogP contribution in [0.2, 0.25) is 0 Å². The van der Waals surface area contributed by atoms with Crippen molar-refractivity contribution in [1.29, 1.82) is 0 Å². The van der Waals surface area contributed by atoms with Crippen molar-refractivity contribution in [2.45, 2.75) is 31.8 Å². The third-order valence-electron chi connectivity index (χ3n) is 6.68. The quantitative estimate of drug-likeness (QED) is 0.341. The number of ether oxygens (including phenoxy) is 1. The number of hydrogen-bond donors (Lipinski definition) is 1. The fourth-order valence-electron chi connectivity index (χ4n) is 4.80. The molecule has 9 heteroatoms. The van der Waals surface area contributed by atoms with E-state index in [1.54, 1.807) is 18.3 Å². The van der Waals surface area contributed by atoms with Gasteiger partial charge in [-0.3, -0.25) is 9.59 Å². The lowest BCUT2D eigenvalue weighted by molar-refractivity contribution is -0.138. The van der Waals surface area contributed by atoms with Gasteiger partial charge >= 0.3 is 5.97 Å². The minimum absolute atomic E-state index is 0.0613. The second-order valence-electron chi connectivity index (χ2n) is 9.15. The van der Waals surface area contributed by atoms with Crippen LogP contribution in [0.25, 0.3) is 17.1 Å². The second kappa shape index (κ2) is 10.8. The molecule has 0 bridgehead atoms. The first kappa shape index (κ1) is 25.1. The predicted octanol–water partition coefficient (Wildman–Crippen LogP) is 4.90. The molecule has 4 heterocycles. The highest BCUT2D eigenvalue weighted by Gasteiger charge is 2.33. The van der Waals surface area contributed by atoms with Crippen molar-refractivity contribution < 1.29 is 23.8 Å². The molecule has 0 radical (unpaired) electrons. The molecule has 0 spiro atoms. The van der Waals surface area contributed by atoms with E-state index < -0.39 is 17.8 Å². The molecule has 1 N–H and O–H groups in total. The van der Waals surface area contributed by atoms with Crippen molar-refractivity contribution in [3.8, 4) is 5.75 Å². The molecule has 5 rings (SSSR count). The monoisotopic (exact) mass is 514 g/mol. The number of amides is 1. The minimum Gasteiger partial charge on any atom is -0.494 e. The van der Waals surface area contributed by atoms with Gasteiger partial charge in [-0.2, -0.15) is 0 Å². The smallest absolute Gasteiger partial charge is 0.305 e. The highest BCUT2D eigenvalue weighted by Crippen LogP contribution is 2.31. The number of hydrogen-bond acceptors (Lipinski definition) is 5. The van der Waals surface area contributed by atoms with Crippen LogP contribution in [0.1, 0.15) is 46.2 Å². The molecule has 194 valence electrons. The standard InChI is InChI=1S/C29H27FN4O4/c1-38-26-11-9-21(16-23(26)30)24(17-27(35)36)34-14-13-33-18-19(15-25(33)29(34)37)5-2-3-7-22-10-8-20-6-4-12-31-28(20)32-22/h2,4-6,8-12,15-16,18,24H,3,7,13-14,17H2,1H3,(H,35,36)/b5-2+. The van der Waals surface area contributed by atoms with E-state index in [1.807, 2.05) is 47.2 Å². The molecular weight excluding hydrogens is 487 g/mol. The van der Waals surface area contributed by atoms with Gasteiger partial charge in [0.15, 0.2) is 17.2 Å². The number of nitrogens with zero attached hydrogens (tertiary/aromatic N) is 4. The number of aryl methyl sites for hydroxylation is 1. The minimum atomic E-state index is -1.07. The summed E-state index contributed by atoms with van der Waals surface area (Å²) in [6, 6.07) is 13.2. The van der Waals surface area contributed by atoms with Gasteiger partial charge in [-0.15, -0.1) is 0 Å². The molecule has 0 fully saturated rings. The Morgan fingerprint density at radius 1 is 1.21 bits per heavy atom. The van der Waals surface area contributed by atoms with Crippen LogP contribution in [0.5, 0.6) is 5.75 Å². The molecule has 0 aliphatic carbocycles. The normalized spacial score (nSPS) is 14.2. The van der Waals surface area contributed by atoms with Gasteiger partial charge < -0.3 is 19.3 Å². The maximum atomic E-state index is 14.4. The Hall–Kier alpha value is -4.53. The number of aliphatic carboxylic acids is 1. The molecule has 1 aliphatic heterocycles. The number of benzene rings is 1. The number of carboxylic acids is 1. The lowest BCUT2D eigenvalue weighted by Crippen LogP contribution is -2.43. The Balaban J connectivity index is 1.29. The second-order valence-corrected chi connectivity index (χ2v) is 9.15. The number of carboxylic acid groups (broad SMARTS) is 1. The summed E-state index contributed by atoms with van der Waals surface area (Å²) in [6.45, 7) is 0.828. The Morgan fingerprint density at radius 2 is 2.08 bits per heavy atom. The number of rotatable bonds is 9. The molecule has 4 aromatic rings.